The molecule has 0 aliphatic heterocycles. The van der Waals surface area contributed by atoms with Crippen molar-refractivity contribution in [2.24, 2.45) is 0 Å². The third kappa shape index (κ3) is 1.71. The molecule has 0 heterocycles. The number of hydrogen-bond acceptors (Lipinski definition) is 2. The molecule has 1 aliphatic carbocycles. The molecule has 1 aromatic carbocycles. The molecule has 1 aromatic rings. The van der Waals surface area contributed by atoms with E-state index in [2.05, 4.69) is 0 Å². The zero-order chi connectivity index (χ0) is 11.8. The fourth-order valence-electron chi connectivity index (χ4n) is 2.15. The lowest BCUT2D eigenvalue weighted by atomic mass is 9.91. The molecule has 3 heteroatoms. The van der Waals surface area contributed by atoms with Crippen LogP contribution >= 0.6 is 11.6 Å². The first-order chi connectivity index (χ1) is 7.64. The van der Waals surface area contributed by atoms with Crippen LogP contribution in [0.25, 0.3) is 0 Å². The van der Waals surface area contributed by atoms with Crippen LogP contribution in [0.2, 0.25) is 0 Å². The Morgan fingerprint density at radius 2 is 2.19 bits per heavy atom. The van der Waals surface area contributed by atoms with Gasteiger partial charge in [-0.05, 0) is 37.5 Å². The second kappa shape index (κ2) is 4.10. The molecule has 2 rings (SSSR count). The van der Waals surface area contributed by atoms with E-state index in [0.29, 0.717) is 5.88 Å². The predicted molar refractivity (Wildman–Crippen MR) is 64.1 cm³/mol. The minimum Gasteiger partial charge on any atom is -0.496 e. The van der Waals surface area contributed by atoms with Gasteiger partial charge in [0.2, 0.25) is 0 Å². The van der Waals surface area contributed by atoms with E-state index in [1.165, 1.54) is 0 Å². The van der Waals surface area contributed by atoms with Gasteiger partial charge in [-0.15, -0.1) is 11.6 Å². The zero-order valence-corrected chi connectivity index (χ0v) is 10.3. The summed E-state index contributed by atoms with van der Waals surface area (Å²) in [5, 5.41) is 0. The summed E-state index contributed by atoms with van der Waals surface area (Å²) in [5.41, 5.74) is 1.80. The minimum absolute atomic E-state index is 0.229. The normalized spacial score (nSPS) is 16.9. The van der Waals surface area contributed by atoms with Crippen molar-refractivity contribution in [2.45, 2.75) is 31.1 Å². The van der Waals surface area contributed by atoms with E-state index in [-0.39, 0.29) is 11.2 Å². The van der Waals surface area contributed by atoms with Gasteiger partial charge in [-0.1, -0.05) is 6.07 Å². The van der Waals surface area contributed by atoms with E-state index in [9.17, 15) is 4.79 Å². The maximum atomic E-state index is 11.6. The van der Waals surface area contributed by atoms with Crippen molar-refractivity contribution in [3.8, 4) is 5.75 Å². The molecule has 0 aromatic heterocycles. The number of benzene rings is 1. The van der Waals surface area contributed by atoms with Gasteiger partial charge in [-0.2, -0.15) is 0 Å². The highest BCUT2D eigenvalue weighted by molar-refractivity contribution is 6.17. The molecular formula is C13H15ClO2. The van der Waals surface area contributed by atoms with Gasteiger partial charge in [0.05, 0.1) is 18.4 Å². The summed E-state index contributed by atoms with van der Waals surface area (Å²) in [7, 11) is 1.63. The van der Waals surface area contributed by atoms with Crippen LogP contribution in [0, 0.1) is 0 Å². The molecule has 2 nitrogen and oxygen atoms in total. The maximum absolute atomic E-state index is 11.6. The van der Waals surface area contributed by atoms with Crippen LogP contribution in [0.15, 0.2) is 18.2 Å². The van der Waals surface area contributed by atoms with Crippen LogP contribution in [-0.2, 0) is 16.1 Å². The van der Waals surface area contributed by atoms with E-state index < -0.39 is 0 Å². The molecule has 0 spiro atoms. The summed E-state index contributed by atoms with van der Waals surface area (Å²) in [5.74, 6) is 1.45. The maximum Gasteiger partial charge on any atom is 0.140 e. The Bertz CT molecular complexity index is 422. The Morgan fingerprint density at radius 1 is 1.50 bits per heavy atom. The minimum atomic E-state index is -0.229. The Hall–Kier alpha value is -1.02. The molecule has 1 aliphatic rings. The smallest absolute Gasteiger partial charge is 0.140 e. The highest BCUT2D eigenvalue weighted by Gasteiger charge is 2.48. The van der Waals surface area contributed by atoms with Crippen LogP contribution in [0.1, 0.15) is 30.9 Å². The second-order valence-corrected chi connectivity index (χ2v) is 4.57. The Labute approximate surface area is 101 Å². The lowest BCUT2D eigenvalue weighted by Crippen LogP contribution is -2.17. The lowest BCUT2D eigenvalue weighted by Gasteiger charge is -2.14. The van der Waals surface area contributed by atoms with Gasteiger partial charge in [0.15, 0.2) is 0 Å². The van der Waals surface area contributed by atoms with Crippen molar-refractivity contribution in [1.29, 1.82) is 0 Å². The van der Waals surface area contributed by atoms with Crippen molar-refractivity contribution in [3.63, 3.8) is 0 Å². The number of ether oxygens (including phenoxy) is 1. The SMILES string of the molecule is COc1ccc(C2(C(C)=O)CC2)cc1CCl. The molecule has 0 radical (unpaired) electrons. The van der Waals surface area contributed by atoms with Gasteiger partial charge >= 0.3 is 0 Å². The van der Waals surface area contributed by atoms with Crippen molar-refractivity contribution < 1.29 is 9.53 Å². The fourth-order valence-corrected chi connectivity index (χ4v) is 2.36. The van der Waals surface area contributed by atoms with Crippen molar-refractivity contribution >= 4 is 17.4 Å². The van der Waals surface area contributed by atoms with E-state index >= 15 is 0 Å². The molecule has 0 unspecified atom stereocenters. The highest BCUT2D eigenvalue weighted by Crippen LogP contribution is 2.49. The number of rotatable bonds is 4. The van der Waals surface area contributed by atoms with Crippen molar-refractivity contribution in [2.75, 3.05) is 7.11 Å². The molecule has 0 bridgehead atoms. The lowest BCUT2D eigenvalue weighted by molar-refractivity contribution is -0.119. The van der Waals surface area contributed by atoms with E-state index in [1.807, 2.05) is 18.2 Å². The first-order valence-corrected chi connectivity index (χ1v) is 5.92. The van der Waals surface area contributed by atoms with Gasteiger partial charge in [0.1, 0.15) is 11.5 Å². The zero-order valence-electron chi connectivity index (χ0n) is 9.55. The van der Waals surface area contributed by atoms with Crippen LogP contribution in [0.3, 0.4) is 0 Å². The number of hydrogen-bond donors (Lipinski definition) is 0. The van der Waals surface area contributed by atoms with E-state index in [4.69, 9.17) is 16.3 Å². The first-order valence-electron chi connectivity index (χ1n) is 5.38. The average Bonchev–Trinajstić information content (AvgIpc) is 3.09. The molecule has 0 amide bonds. The number of carbonyl (C=O) groups is 1. The molecule has 1 fully saturated rings. The summed E-state index contributed by atoms with van der Waals surface area (Å²) in [4.78, 5) is 11.6. The summed E-state index contributed by atoms with van der Waals surface area (Å²) in [6, 6.07) is 5.87. The van der Waals surface area contributed by atoms with Gasteiger partial charge in [0, 0.05) is 5.56 Å². The standard InChI is InChI=1S/C13H15ClO2/c1-9(15)13(5-6-13)11-3-4-12(16-2)10(7-11)8-14/h3-4,7H,5-6,8H2,1-2H3. The Balaban J connectivity index is 2.40. The summed E-state index contributed by atoms with van der Waals surface area (Å²) < 4.78 is 5.22. The van der Waals surface area contributed by atoms with Crippen LogP contribution in [-0.4, -0.2) is 12.9 Å². The average molecular weight is 239 g/mol. The summed E-state index contributed by atoms with van der Waals surface area (Å²) >= 11 is 5.87. The van der Waals surface area contributed by atoms with Gasteiger partial charge in [-0.25, -0.2) is 0 Å². The number of alkyl halides is 1. The number of Topliss-reactive ketones (excluding diaryl/α,β-unsaturated/α-hetero) is 1. The number of halogens is 1. The topological polar surface area (TPSA) is 26.3 Å². The quantitative estimate of drug-likeness (QED) is 0.754. The van der Waals surface area contributed by atoms with Crippen LogP contribution < -0.4 is 4.74 Å². The summed E-state index contributed by atoms with van der Waals surface area (Å²) in [6.07, 6.45) is 1.91. The molecule has 0 atom stereocenters. The number of methoxy groups -OCH3 is 1. The molecule has 86 valence electrons. The Morgan fingerprint density at radius 3 is 2.62 bits per heavy atom. The number of ketones is 1. The van der Waals surface area contributed by atoms with Gasteiger partial charge in [-0.3, -0.25) is 4.79 Å². The van der Waals surface area contributed by atoms with Crippen LogP contribution in [0.4, 0.5) is 0 Å². The predicted octanol–water partition coefficient (Wildman–Crippen LogP) is 3.05. The van der Waals surface area contributed by atoms with Crippen molar-refractivity contribution in [1.82, 2.24) is 0 Å². The molecule has 1 saturated carbocycles. The molecular weight excluding hydrogens is 224 g/mol. The molecule has 0 N–H and O–H groups in total. The second-order valence-electron chi connectivity index (χ2n) is 4.30. The number of carbonyl (C=O) groups excluding carboxylic acids is 1. The highest BCUT2D eigenvalue weighted by atomic mass is 35.5. The largest absolute Gasteiger partial charge is 0.496 e. The third-order valence-electron chi connectivity index (χ3n) is 3.40. The monoisotopic (exact) mass is 238 g/mol. The van der Waals surface area contributed by atoms with Crippen molar-refractivity contribution in [3.05, 3.63) is 29.3 Å². The van der Waals surface area contributed by atoms with E-state index in [1.54, 1.807) is 14.0 Å². The first kappa shape index (κ1) is 11.5. The third-order valence-corrected chi connectivity index (χ3v) is 3.69. The molecule has 16 heavy (non-hydrogen) atoms. The molecule has 0 saturated heterocycles. The van der Waals surface area contributed by atoms with Gasteiger partial charge < -0.3 is 4.74 Å². The Kier molecular flexibility index (Phi) is 2.94. The summed E-state index contributed by atoms with van der Waals surface area (Å²) in [6.45, 7) is 1.66. The van der Waals surface area contributed by atoms with E-state index in [0.717, 1.165) is 29.7 Å². The van der Waals surface area contributed by atoms with Gasteiger partial charge in [0.25, 0.3) is 0 Å². The van der Waals surface area contributed by atoms with Crippen LogP contribution in [0.5, 0.6) is 5.75 Å². The fraction of sp³-hybridized carbons (Fsp3) is 0.462.